The molecule has 1 unspecified atom stereocenters. The van der Waals surface area contributed by atoms with Gasteiger partial charge in [0.2, 0.25) is 0 Å². The van der Waals surface area contributed by atoms with Crippen molar-refractivity contribution < 1.29 is 14.6 Å². The van der Waals surface area contributed by atoms with Gasteiger partial charge in [-0.2, -0.15) is 0 Å². The quantitative estimate of drug-likeness (QED) is 0.645. The molecule has 0 spiro atoms. The number of ether oxygens (including phenoxy) is 2. The fourth-order valence-corrected chi connectivity index (χ4v) is 1.10. The second kappa shape index (κ2) is 5.30. The predicted octanol–water partition coefficient (Wildman–Crippen LogP) is 1.08. The lowest BCUT2D eigenvalue weighted by Gasteiger charge is -2.22. The molecule has 0 bridgehead atoms. The summed E-state index contributed by atoms with van der Waals surface area (Å²) in [7, 11) is 0. The second-order valence-corrected chi connectivity index (χ2v) is 3.02. The molecule has 70 valence electrons. The van der Waals surface area contributed by atoms with Crippen LogP contribution in [0.5, 0.6) is 0 Å². The van der Waals surface area contributed by atoms with Crippen LogP contribution in [0.4, 0.5) is 0 Å². The lowest BCUT2D eigenvalue weighted by Crippen LogP contribution is -2.23. The van der Waals surface area contributed by atoms with Crippen LogP contribution in [0.1, 0.15) is 19.3 Å². The molecule has 1 aliphatic rings. The van der Waals surface area contributed by atoms with E-state index in [0.717, 1.165) is 25.9 Å². The van der Waals surface area contributed by atoms with E-state index in [2.05, 4.69) is 6.58 Å². The maximum atomic E-state index is 8.64. The first-order valence-electron chi connectivity index (χ1n) is 4.33. The minimum absolute atomic E-state index is 0.00722. The van der Waals surface area contributed by atoms with E-state index >= 15 is 0 Å². The Morgan fingerprint density at radius 2 is 2.42 bits per heavy atom. The van der Waals surface area contributed by atoms with Gasteiger partial charge in [-0.15, -0.1) is 0 Å². The lowest BCUT2D eigenvalue weighted by molar-refractivity contribution is -0.157. The molecule has 1 rings (SSSR count). The van der Waals surface area contributed by atoms with Gasteiger partial charge in [-0.3, -0.25) is 0 Å². The van der Waals surface area contributed by atoms with Crippen LogP contribution in [0.15, 0.2) is 12.2 Å². The third-order valence-corrected chi connectivity index (χ3v) is 1.83. The molecular formula is C9H16O3. The molecule has 3 heteroatoms. The van der Waals surface area contributed by atoms with Crippen LogP contribution in [0.25, 0.3) is 0 Å². The highest BCUT2D eigenvalue weighted by atomic mass is 16.7. The second-order valence-electron chi connectivity index (χ2n) is 3.02. The average molecular weight is 172 g/mol. The number of aliphatic hydroxyl groups excluding tert-OH is 1. The van der Waals surface area contributed by atoms with Gasteiger partial charge in [0, 0.05) is 6.61 Å². The van der Waals surface area contributed by atoms with Crippen molar-refractivity contribution in [3.8, 4) is 0 Å². The molecule has 3 nitrogen and oxygen atoms in total. The largest absolute Gasteiger partial charge is 0.392 e. The number of rotatable bonds is 4. The van der Waals surface area contributed by atoms with Crippen LogP contribution in [-0.4, -0.2) is 31.2 Å². The molecule has 0 aromatic heterocycles. The Balaban J connectivity index is 2.09. The molecule has 1 heterocycles. The van der Waals surface area contributed by atoms with Gasteiger partial charge in [0.25, 0.3) is 0 Å². The molecule has 1 N–H and O–H groups in total. The molecule has 0 aromatic rings. The third kappa shape index (κ3) is 3.34. The molecular weight excluding hydrogens is 156 g/mol. The van der Waals surface area contributed by atoms with Gasteiger partial charge in [0.15, 0.2) is 6.29 Å². The van der Waals surface area contributed by atoms with Gasteiger partial charge >= 0.3 is 0 Å². The Hall–Kier alpha value is -0.380. The average Bonchev–Trinajstić information content (AvgIpc) is 2.16. The molecule has 1 atom stereocenters. The van der Waals surface area contributed by atoms with E-state index in [1.807, 2.05) is 0 Å². The molecule has 0 saturated carbocycles. The van der Waals surface area contributed by atoms with Crippen LogP contribution >= 0.6 is 0 Å². The smallest absolute Gasteiger partial charge is 0.158 e. The minimum atomic E-state index is -0.0814. The highest BCUT2D eigenvalue weighted by molar-refractivity contribution is 4.93. The molecule has 0 amide bonds. The van der Waals surface area contributed by atoms with E-state index in [-0.39, 0.29) is 12.9 Å². The number of aliphatic hydroxyl groups is 1. The van der Waals surface area contributed by atoms with Crippen molar-refractivity contribution in [1.82, 2.24) is 0 Å². The van der Waals surface area contributed by atoms with Crippen molar-refractivity contribution in [2.24, 2.45) is 0 Å². The highest BCUT2D eigenvalue weighted by Gasteiger charge is 2.13. The summed E-state index contributed by atoms with van der Waals surface area (Å²) in [5, 5.41) is 8.64. The minimum Gasteiger partial charge on any atom is -0.392 e. The van der Waals surface area contributed by atoms with Gasteiger partial charge in [0.05, 0.1) is 13.2 Å². The Kier molecular flexibility index (Phi) is 4.29. The summed E-state index contributed by atoms with van der Waals surface area (Å²) in [4.78, 5) is 0. The van der Waals surface area contributed by atoms with Crippen LogP contribution in [0, 0.1) is 0 Å². The van der Waals surface area contributed by atoms with Crippen molar-refractivity contribution in [2.75, 3.05) is 19.8 Å². The monoisotopic (exact) mass is 172 g/mol. The zero-order valence-corrected chi connectivity index (χ0v) is 7.29. The Bertz CT molecular complexity index is 139. The van der Waals surface area contributed by atoms with Crippen molar-refractivity contribution in [3.05, 3.63) is 12.2 Å². The zero-order valence-electron chi connectivity index (χ0n) is 7.29. The van der Waals surface area contributed by atoms with Gasteiger partial charge in [-0.25, -0.2) is 0 Å². The summed E-state index contributed by atoms with van der Waals surface area (Å²) in [5.74, 6) is 0. The van der Waals surface area contributed by atoms with E-state index in [4.69, 9.17) is 14.6 Å². The van der Waals surface area contributed by atoms with Gasteiger partial charge in [-0.05, 0) is 24.8 Å². The summed E-state index contributed by atoms with van der Waals surface area (Å²) < 4.78 is 10.7. The number of hydrogen-bond donors (Lipinski definition) is 1. The molecule has 0 radical (unpaired) electrons. The molecule has 0 aromatic carbocycles. The lowest BCUT2D eigenvalue weighted by atomic mass is 10.2. The summed E-state index contributed by atoms with van der Waals surface area (Å²) >= 11 is 0. The molecule has 12 heavy (non-hydrogen) atoms. The van der Waals surface area contributed by atoms with E-state index in [1.54, 1.807) is 0 Å². The normalized spacial score (nSPS) is 23.9. The fourth-order valence-electron chi connectivity index (χ4n) is 1.10. The standard InChI is InChI=1S/C9H16O3/c1-8(6-10)7-12-9-4-2-3-5-11-9/h9-10H,1-7H2. The maximum Gasteiger partial charge on any atom is 0.158 e. The Morgan fingerprint density at radius 3 is 3.00 bits per heavy atom. The topological polar surface area (TPSA) is 38.7 Å². The van der Waals surface area contributed by atoms with Gasteiger partial charge < -0.3 is 14.6 Å². The summed E-state index contributed by atoms with van der Waals surface area (Å²) in [6, 6.07) is 0. The summed E-state index contributed by atoms with van der Waals surface area (Å²) in [5.41, 5.74) is 0.698. The molecule has 1 saturated heterocycles. The summed E-state index contributed by atoms with van der Waals surface area (Å²) in [6.45, 7) is 4.81. The van der Waals surface area contributed by atoms with Crippen molar-refractivity contribution in [1.29, 1.82) is 0 Å². The fraction of sp³-hybridized carbons (Fsp3) is 0.778. The first-order chi connectivity index (χ1) is 5.83. The van der Waals surface area contributed by atoms with Crippen LogP contribution in [-0.2, 0) is 9.47 Å². The predicted molar refractivity (Wildman–Crippen MR) is 45.8 cm³/mol. The zero-order chi connectivity index (χ0) is 8.81. The Labute approximate surface area is 73.0 Å². The Morgan fingerprint density at radius 1 is 1.58 bits per heavy atom. The van der Waals surface area contributed by atoms with Crippen LogP contribution in [0.2, 0.25) is 0 Å². The van der Waals surface area contributed by atoms with E-state index < -0.39 is 0 Å². The third-order valence-electron chi connectivity index (χ3n) is 1.83. The molecule has 1 fully saturated rings. The first-order valence-corrected chi connectivity index (χ1v) is 4.33. The van der Waals surface area contributed by atoms with Crippen LogP contribution in [0.3, 0.4) is 0 Å². The van der Waals surface area contributed by atoms with Gasteiger partial charge in [-0.1, -0.05) is 6.58 Å². The van der Waals surface area contributed by atoms with Gasteiger partial charge in [0.1, 0.15) is 0 Å². The number of hydrogen-bond acceptors (Lipinski definition) is 3. The van der Waals surface area contributed by atoms with Crippen molar-refractivity contribution >= 4 is 0 Å². The highest BCUT2D eigenvalue weighted by Crippen LogP contribution is 2.13. The molecule has 1 aliphatic heterocycles. The van der Waals surface area contributed by atoms with Crippen molar-refractivity contribution in [2.45, 2.75) is 25.6 Å². The van der Waals surface area contributed by atoms with E-state index in [1.165, 1.54) is 0 Å². The SMILES string of the molecule is C=C(CO)COC1CCCCO1. The molecule has 0 aliphatic carbocycles. The van der Waals surface area contributed by atoms with Crippen LogP contribution < -0.4 is 0 Å². The summed E-state index contributed by atoms with van der Waals surface area (Å²) in [6.07, 6.45) is 3.16. The first kappa shape index (κ1) is 9.71. The maximum absolute atomic E-state index is 8.64. The van der Waals surface area contributed by atoms with E-state index in [9.17, 15) is 0 Å². The van der Waals surface area contributed by atoms with E-state index in [0.29, 0.717) is 12.2 Å². The van der Waals surface area contributed by atoms with Crippen molar-refractivity contribution in [3.63, 3.8) is 0 Å².